The van der Waals surface area contributed by atoms with Gasteiger partial charge in [-0.3, -0.25) is 0 Å². The summed E-state index contributed by atoms with van der Waals surface area (Å²) in [7, 11) is 1.36. The smallest absolute Gasteiger partial charge is 0.407 e. The normalized spacial score (nSPS) is 12.1. The molecule has 14 heavy (non-hydrogen) atoms. The molecule has 1 atom stereocenters. The van der Waals surface area contributed by atoms with E-state index in [0.717, 1.165) is 16.5 Å². The molecule has 78 valence electrons. The fourth-order valence-corrected chi connectivity index (χ4v) is 2.06. The van der Waals surface area contributed by atoms with Crippen LogP contribution in [0.15, 0.2) is 10.9 Å². The van der Waals surface area contributed by atoms with E-state index in [0.29, 0.717) is 0 Å². The number of alkyl carbamates (subject to hydrolysis) is 1. The van der Waals surface area contributed by atoms with E-state index in [-0.39, 0.29) is 12.1 Å². The van der Waals surface area contributed by atoms with Crippen LogP contribution in [-0.2, 0) is 11.2 Å². The van der Waals surface area contributed by atoms with Crippen LogP contribution >= 0.6 is 33.9 Å². The Morgan fingerprint density at radius 3 is 3.14 bits per heavy atom. The molecule has 1 heterocycles. The Bertz CT molecular complexity index is 279. The van der Waals surface area contributed by atoms with Crippen molar-refractivity contribution in [2.75, 3.05) is 11.5 Å². The van der Waals surface area contributed by atoms with Gasteiger partial charge in [0.1, 0.15) is 0 Å². The van der Waals surface area contributed by atoms with E-state index in [2.05, 4.69) is 37.6 Å². The molecule has 1 amide bonds. The molecular weight excluding hydrogens is 315 g/mol. The predicted octanol–water partition coefficient (Wildman–Crippen LogP) is 1.85. The number of carbonyl (C=O) groups excluding carboxylic acids is 1. The lowest BCUT2D eigenvalue weighted by atomic mass is 10.2. The van der Waals surface area contributed by atoms with Crippen molar-refractivity contribution in [1.29, 1.82) is 0 Å². The maximum Gasteiger partial charge on any atom is 0.407 e. The molecule has 1 N–H and O–H groups in total. The highest BCUT2D eigenvalue weighted by atomic mass is 127. The zero-order valence-corrected chi connectivity index (χ0v) is 10.7. The fourth-order valence-electron chi connectivity index (χ4n) is 0.961. The first-order valence-electron chi connectivity index (χ1n) is 4.03. The van der Waals surface area contributed by atoms with E-state index in [1.807, 2.05) is 5.38 Å². The van der Waals surface area contributed by atoms with E-state index in [1.54, 1.807) is 16.8 Å². The summed E-state index contributed by atoms with van der Waals surface area (Å²) < 4.78 is 5.37. The number of methoxy groups -OCH3 is 1. The van der Waals surface area contributed by atoms with Crippen LogP contribution in [-0.4, -0.2) is 28.7 Å². The van der Waals surface area contributed by atoms with Gasteiger partial charge in [-0.2, -0.15) is 0 Å². The van der Waals surface area contributed by atoms with E-state index < -0.39 is 0 Å². The van der Waals surface area contributed by atoms with Gasteiger partial charge in [-0.15, -0.1) is 11.3 Å². The molecule has 0 bridgehead atoms. The lowest BCUT2D eigenvalue weighted by molar-refractivity contribution is 0.167. The third kappa shape index (κ3) is 3.79. The number of hydrogen-bond donors (Lipinski definition) is 1. The highest BCUT2D eigenvalue weighted by Gasteiger charge is 2.12. The maximum atomic E-state index is 11.0. The zero-order valence-electron chi connectivity index (χ0n) is 7.70. The largest absolute Gasteiger partial charge is 0.453 e. The van der Waals surface area contributed by atoms with Gasteiger partial charge in [0.05, 0.1) is 18.3 Å². The van der Waals surface area contributed by atoms with Crippen molar-refractivity contribution >= 4 is 40.0 Å². The number of rotatable bonds is 4. The third-order valence-corrected chi connectivity index (χ3v) is 3.33. The van der Waals surface area contributed by atoms with Crippen LogP contribution in [0.2, 0.25) is 0 Å². The number of aromatic nitrogens is 1. The summed E-state index contributed by atoms with van der Waals surface area (Å²) in [4.78, 5) is 15.1. The van der Waals surface area contributed by atoms with Gasteiger partial charge in [0.15, 0.2) is 0 Å². The highest BCUT2D eigenvalue weighted by Crippen LogP contribution is 2.06. The van der Waals surface area contributed by atoms with Gasteiger partial charge in [0.2, 0.25) is 0 Å². The Morgan fingerprint density at radius 1 is 1.86 bits per heavy atom. The maximum absolute atomic E-state index is 11.0. The molecule has 0 radical (unpaired) electrons. The Balaban J connectivity index is 2.43. The van der Waals surface area contributed by atoms with Crippen LogP contribution in [0.4, 0.5) is 4.79 Å². The minimum absolute atomic E-state index is 0.0881. The van der Waals surface area contributed by atoms with Crippen molar-refractivity contribution in [1.82, 2.24) is 10.3 Å². The molecular formula is C8H11IN2O2S. The van der Waals surface area contributed by atoms with Gasteiger partial charge in [0.25, 0.3) is 0 Å². The van der Waals surface area contributed by atoms with Gasteiger partial charge in [-0.1, -0.05) is 22.6 Å². The molecule has 0 aliphatic heterocycles. The van der Waals surface area contributed by atoms with E-state index in [9.17, 15) is 4.79 Å². The number of halogens is 1. The van der Waals surface area contributed by atoms with Crippen molar-refractivity contribution in [2.45, 2.75) is 12.5 Å². The van der Waals surface area contributed by atoms with Crippen LogP contribution < -0.4 is 5.32 Å². The van der Waals surface area contributed by atoms with Crippen LogP contribution in [0, 0.1) is 0 Å². The van der Waals surface area contributed by atoms with Crippen molar-refractivity contribution in [3.8, 4) is 0 Å². The van der Waals surface area contributed by atoms with Crippen molar-refractivity contribution < 1.29 is 9.53 Å². The number of hydrogen-bond acceptors (Lipinski definition) is 4. The van der Waals surface area contributed by atoms with Crippen molar-refractivity contribution in [3.63, 3.8) is 0 Å². The number of ether oxygens (including phenoxy) is 1. The summed E-state index contributed by atoms with van der Waals surface area (Å²) in [6, 6.07) is 0.0881. The third-order valence-electron chi connectivity index (χ3n) is 1.63. The molecule has 0 spiro atoms. The minimum atomic E-state index is -0.387. The number of amides is 1. The Labute approximate surface area is 100 Å². The van der Waals surface area contributed by atoms with Gasteiger partial charge in [-0.25, -0.2) is 9.78 Å². The number of nitrogens with one attached hydrogen (secondary N) is 1. The first-order chi connectivity index (χ1) is 6.76. The summed E-state index contributed by atoms with van der Waals surface area (Å²) >= 11 is 3.79. The minimum Gasteiger partial charge on any atom is -0.453 e. The molecule has 4 nitrogen and oxygen atoms in total. The Hall–Kier alpha value is -0.370. The zero-order chi connectivity index (χ0) is 10.4. The number of alkyl halides is 1. The van der Waals surface area contributed by atoms with E-state index >= 15 is 0 Å². The lowest BCUT2D eigenvalue weighted by Gasteiger charge is -2.13. The predicted molar refractivity (Wildman–Crippen MR) is 64.0 cm³/mol. The SMILES string of the molecule is COC(=O)N[C@H](CI)Cc1cscn1. The quantitative estimate of drug-likeness (QED) is 0.679. The van der Waals surface area contributed by atoms with Gasteiger partial charge in [0, 0.05) is 22.3 Å². The molecule has 1 aromatic heterocycles. The fraction of sp³-hybridized carbons (Fsp3) is 0.500. The lowest BCUT2D eigenvalue weighted by Crippen LogP contribution is -2.37. The molecule has 6 heteroatoms. The molecule has 0 unspecified atom stereocenters. The number of thiazole rings is 1. The van der Waals surface area contributed by atoms with Crippen LogP contribution in [0.25, 0.3) is 0 Å². The molecule has 0 saturated carbocycles. The average Bonchev–Trinajstić information content (AvgIpc) is 2.69. The molecule has 0 aliphatic rings. The second-order valence-corrected chi connectivity index (χ2v) is 4.27. The molecule has 1 aromatic rings. The van der Waals surface area contributed by atoms with E-state index in [1.165, 1.54) is 7.11 Å². The van der Waals surface area contributed by atoms with Crippen molar-refractivity contribution in [2.24, 2.45) is 0 Å². The summed E-state index contributed by atoms with van der Waals surface area (Å²) in [6.07, 6.45) is 0.364. The summed E-state index contributed by atoms with van der Waals surface area (Å²) in [5, 5.41) is 4.73. The molecule has 1 rings (SSSR count). The topological polar surface area (TPSA) is 51.2 Å². The Kier molecular flexibility index (Phi) is 5.16. The second kappa shape index (κ2) is 6.18. The Morgan fingerprint density at radius 2 is 2.64 bits per heavy atom. The number of carbonyl (C=O) groups is 1. The second-order valence-electron chi connectivity index (χ2n) is 2.67. The molecule has 0 fully saturated rings. The van der Waals surface area contributed by atoms with Crippen LogP contribution in [0.3, 0.4) is 0 Å². The van der Waals surface area contributed by atoms with Crippen LogP contribution in [0.5, 0.6) is 0 Å². The molecule has 0 aliphatic carbocycles. The average molecular weight is 326 g/mol. The standard InChI is InChI=1S/C8H11IN2O2S/c1-13-8(12)11-6(3-9)2-7-4-14-5-10-7/h4-6H,2-3H2,1H3,(H,11,12)/t6-/m0/s1. The van der Waals surface area contributed by atoms with Gasteiger partial charge >= 0.3 is 6.09 Å². The first-order valence-corrected chi connectivity index (χ1v) is 6.50. The summed E-state index contributed by atoms with van der Waals surface area (Å²) in [5.74, 6) is 0. The van der Waals surface area contributed by atoms with Gasteiger partial charge in [-0.05, 0) is 0 Å². The monoisotopic (exact) mass is 326 g/mol. The van der Waals surface area contributed by atoms with E-state index in [4.69, 9.17) is 0 Å². The summed E-state index contributed by atoms with van der Waals surface area (Å²) in [5.41, 5.74) is 2.80. The van der Waals surface area contributed by atoms with Crippen LogP contribution in [0.1, 0.15) is 5.69 Å². The first kappa shape index (κ1) is 11.7. The summed E-state index contributed by atoms with van der Waals surface area (Å²) in [6.45, 7) is 0. The van der Waals surface area contributed by atoms with Crippen molar-refractivity contribution in [3.05, 3.63) is 16.6 Å². The molecule has 0 aromatic carbocycles. The number of nitrogens with zero attached hydrogens (tertiary/aromatic N) is 1. The highest BCUT2D eigenvalue weighted by molar-refractivity contribution is 14.1. The van der Waals surface area contributed by atoms with Gasteiger partial charge < -0.3 is 10.1 Å². The molecule has 0 saturated heterocycles.